The fraction of sp³-hybridized carbons (Fsp3) is 0.333. The topological polar surface area (TPSA) is 78.4 Å². The predicted molar refractivity (Wildman–Crippen MR) is 96.1 cm³/mol. The minimum atomic E-state index is -0.326. The number of likely N-dealkylation sites (N-methyl/N-ethyl adjacent to an activating group) is 1. The molecule has 1 saturated heterocycles. The van der Waals surface area contributed by atoms with Gasteiger partial charge in [0.15, 0.2) is 5.78 Å². The fourth-order valence-corrected chi connectivity index (χ4v) is 2.62. The molecule has 7 nitrogen and oxygen atoms in total. The smallest absolute Gasteiger partial charge is 0.275 e. The van der Waals surface area contributed by atoms with Gasteiger partial charge in [-0.05, 0) is 38.2 Å². The van der Waals surface area contributed by atoms with Gasteiger partial charge in [0, 0.05) is 37.4 Å². The third-order valence-electron chi connectivity index (χ3n) is 4.25. The number of nitrogens with zero attached hydrogens (tertiary/aromatic N) is 4. The van der Waals surface area contributed by atoms with Crippen LogP contribution in [-0.2, 0) is 0 Å². The molecule has 1 aromatic carbocycles. The zero-order chi connectivity index (χ0) is 17.8. The molecule has 1 aliphatic rings. The Kier molecular flexibility index (Phi) is 5.04. The molecule has 1 aliphatic heterocycles. The Hall–Kier alpha value is -2.80. The molecule has 0 radical (unpaired) electrons. The number of amides is 1. The molecule has 0 saturated carbocycles. The van der Waals surface area contributed by atoms with E-state index < -0.39 is 0 Å². The second-order valence-electron chi connectivity index (χ2n) is 6.14. The van der Waals surface area contributed by atoms with Gasteiger partial charge in [-0.3, -0.25) is 9.59 Å². The van der Waals surface area contributed by atoms with Crippen LogP contribution in [0.4, 0.5) is 11.5 Å². The number of nitrogens with one attached hydrogen (secondary N) is 1. The Morgan fingerprint density at radius 3 is 2.24 bits per heavy atom. The number of hydrogen-bond donors (Lipinski definition) is 1. The van der Waals surface area contributed by atoms with Crippen molar-refractivity contribution in [3.8, 4) is 0 Å². The Balaban J connectivity index is 1.63. The molecule has 1 aromatic heterocycles. The molecule has 1 fully saturated rings. The number of rotatable bonds is 4. The van der Waals surface area contributed by atoms with Crippen LogP contribution >= 0.6 is 0 Å². The summed E-state index contributed by atoms with van der Waals surface area (Å²) >= 11 is 0. The first kappa shape index (κ1) is 17.0. The van der Waals surface area contributed by atoms with E-state index >= 15 is 0 Å². The number of Topliss-reactive ketones (excluding diaryl/α,β-unsaturated/α-hetero) is 1. The molecule has 25 heavy (non-hydrogen) atoms. The fourth-order valence-electron chi connectivity index (χ4n) is 2.62. The van der Waals surface area contributed by atoms with Crippen LogP contribution in [0.5, 0.6) is 0 Å². The first-order chi connectivity index (χ1) is 12.0. The second kappa shape index (κ2) is 7.40. The van der Waals surface area contributed by atoms with Crippen LogP contribution in [0, 0.1) is 0 Å². The highest BCUT2D eigenvalue weighted by atomic mass is 16.2. The number of ketones is 1. The molecule has 3 rings (SSSR count). The first-order valence-corrected chi connectivity index (χ1v) is 8.21. The maximum Gasteiger partial charge on any atom is 0.275 e. The number of carbonyl (C=O) groups is 2. The number of hydrogen-bond acceptors (Lipinski definition) is 6. The molecule has 0 aliphatic carbocycles. The molecule has 7 heteroatoms. The first-order valence-electron chi connectivity index (χ1n) is 8.21. The van der Waals surface area contributed by atoms with Gasteiger partial charge in [-0.1, -0.05) is 0 Å². The van der Waals surface area contributed by atoms with Crippen molar-refractivity contribution in [3.05, 3.63) is 47.9 Å². The van der Waals surface area contributed by atoms with E-state index in [1.54, 1.807) is 30.5 Å². The van der Waals surface area contributed by atoms with Gasteiger partial charge in [0.25, 0.3) is 5.91 Å². The normalized spacial score (nSPS) is 15.0. The molecular formula is C18H21N5O2. The number of carbonyl (C=O) groups excluding carboxylic acids is 2. The minimum Gasteiger partial charge on any atom is -0.353 e. The van der Waals surface area contributed by atoms with Crippen LogP contribution < -0.4 is 10.2 Å². The van der Waals surface area contributed by atoms with Crippen molar-refractivity contribution >= 4 is 23.2 Å². The minimum absolute atomic E-state index is 0.0109. The molecular weight excluding hydrogens is 318 g/mol. The summed E-state index contributed by atoms with van der Waals surface area (Å²) in [5.41, 5.74) is 1.47. The Labute approximate surface area is 146 Å². The number of benzene rings is 1. The molecule has 2 heterocycles. The van der Waals surface area contributed by atoms with Crippen molar-refractivity contribution in [1.29, 1.82) is 0 Å². The van der Waals surface area contributed by atoms with Crippen molar-refractivity contribution in [1.82, 2.24) is 14.9 Å². The monoisotopic (exact) mass is 339 g/mol. The lowest BCUT2D eigenvalue weighted by Crippen LogP contribution is -2.44. The second-order valence-corrected chi connectivity index (χ2v) is 6.14. The lowest BCUT2D eigenvalue weighted by molar-refractivity contribution is 0.101. The molecule has 0 atom stereocenters. The maximum atomic E-state index is 12.3. The summed E-state index contributed by atoms with van der Waals surface area (Å²) < 4.78 is 0. The van der Waals surface area contributed by atoms with Gasteiger partial charge >= 0.3 is 0 Å². The number of piperazine rings is 1. The van der Waals surface area contributed by atoms with Crippen molar-refractivity contribution in [2.45, 2.75) is 6.92 Å². The SMILES string of the molecule is CC(=O)c1ccc(NC(=O)c2cnc(N3CCN(C)CC3)cn2)cc1. The van der Waals surface area contributed by atoms with Crippen molar-refractivity contribution < 1.29 is 9.59 Å². The molecule has 0 unspecified atom stereocenters. The summed E-state index contributed by atoms with van der Waals surface area (Å²) in [5, 5.41) is 2.76. The van der Waals surface area contributed by atoms with Crippen molar-refractivity contribution in [2.75, 3.05) is 43.4 Å². The summed E-state index contributed by atoms with van der Waals surface area (Å²) in [6.07, 6.45) is 3.13. The number of aromatic nitrogens is 2. The third kappa shape index (κ3) is 4.19. The standard InChI is InChI=1S/C18H21N5O2/c1-13(24)14-3-5-15(6-4-14)21-18(25)16-11-20-17(12-19-16)23-9-7-22(2)8-10-23/h3-6,11-12H,7-10H2,1-2H3,(H,21,25). The molecule has 1 amide bonds. The summed E-state index contributed by atoms with van der Waals surface area (Å²) in [5.74, 6) is 0.451. The highest BCUT2D eigenvalue weighted by Gasteiger charge is 2.16. The van der Waals surface area contributed by atoms with E-state index in [9.17, 15) is 9.59 Å². The van der Waals surface area contributed by atoms with Crippen LogP contribution in [0.15, 0.2) is 36.7 Å². The quantitative estimate of drug-likeness (QED) is 0.854. The van der Waals surface area contributed by atoms with E-state index in [2.05, 4.69) is 32.1 Å². The Bertz CT molecular complexity index is 750. The van der Waals surface area contributed by atoms with Gasteiger partial charge < -0.3 is 15.1 Å². The predicted octanol–water partition coefficient (Wildman–Crippen LogP) is 1.68. The van der Waals surface area contributed by atoms with E-state index in [0.29, 0.717) is 11.3 Å². The number of anilines is 2. The summed E-state index contributed by atoms with van der Waals surface area (Å²) in [4.78, 5) is 36.6. The lowest BCUT2D eigenvalue weighted by atomic mass is 10.1. The molecule has 130 valence electrons. The van der Waals surface area contributed by atoms with Crippen LogP contribution in [0.2, 0.25) is 0 Å². The van der Waals surface area contributed by atoms with Crippen molar-refractivity contribution in [2.24, 2.45) is 0 Å². The van der Waals surface area contributed by atoms with Gasteiger partial charge in [-0.25, -0.2) is 9.97 Å². The van der Waals surface area contributed by atoms with Gasteiger partial charge in [0.05, 0.1) is 12.4 Å². The summed E-state index contributed by atoms with van der Waals surface area (Å²) in [7, 11) is 2.10. The van der Waals surface area contributed by atoms with Crippen LogP contribution in [-0.4, -0.2) is 59.8 Å². The Morgan fingerprint density at radius 2 is 1.68 bits per heavy atom. The molecule has 0 bridgehead atoms. The summed E-state index contributed by atoms with van der Waals surface area (Å²) in [6, 6.07) is 6.75. The lowest BCUT2D eigenvalue weighted by Gasteiger charge is -2.32. The van der Waals surface area contributed by atoms with E-state index in [1.165, 1.54) is 13.1 Å². The van der Waals surface area contributed by atoms with E-state index in [4.69, 9.17) is 0 Å². The van der Waals surface area contributed by atoms with Gasteiger partial charge in [-0.15, -0.1) is 0 Å². The maximum absolute atomic E-state index is 12.3. The van der Waals surface area contributed by atoms with Gasteiger partial charge in [0.2, 0.25) is 0 Å². The molecule has 2 aromatic rings. The molecule has 1 N–H and O–H groups in total. The molecule has 0 spiro atoms. The summed E-state index contributed by atoms with van der Waals surface area (Å²) in [6.45, 7) is 5.28. The van der Waals surface area contributed by atoms with Gasteiger partial charge in [0.1, 0.15) is 11.5 Å². The highest BCUT2D eigenvalue weighted by Crippen LogP contribution is 2.14. The zero-order valence-corrected chi connectivity index (χ0v) is 14.4. The van der Waals surface area contributed by atoms with Gasteiger partial charge in [-0.2, -0.15) is 0 Å². The van der Waals surface area contributed by atoms with E-state index in [0.717, 1.165) is 32.0 Å². The van der Waals surface area contributed by atoms with Crippen LogP contribution in [0.1, 0.15) is 27.8 Å². The van der Waals surface area contributed by atoms with Crippen LogP contribution in [0.3, 0.4) is 0 Å². The highest BCUT2D eigenvalue weighted by molar-refractivity contribution is 6.03. The van der Waals surface area contributed by atoms with Crippen molar-refractivity contribution in [3.63, 3.8) is 0 Å². The largest absolute Gasteiger partial charge is 0.353 e. The zero-order valence-electron chi connectivity index (χ0n) is 14.4. The van der Waals surface area contributed by atoms with E-state index in [1.807, 2.05) is 0 Å². The third-order valence-corrected chi connectivity index (χ3v) is 4.25. The average Bonchev–Trinajstić information content (AvgIpc) is 2.63. The Morgan fingerprint density at radius 1 is 1.00 bits per heavy atom. The van der Waals surface area contributed by atoms with E-state index in [-0.39, 0.29) is 17.4 Å². The average molecular weight is 339 g/mol. The van der Waals surface area contributed by atoms with Crippen LogP contribution in [0.25, 0.3) is 0 Å².